The van der Waals surface area contributed by atoms with Crippen molar-refractivity contribution in [3.8, 4) is 5.75 Å². The van der Waals surface area contributed by atoms with Gasteiger partial charge in [0, 0.05) is 25.3 Å². The van der Waals surface area contributed by atoms with Crippen molar-refractivity contribution < 1.29 is 19.0 Å². The Morgan fingerprint density at radius 1 is 1.24 bits per heavy atom. The molecule has 1 heterocycles. The number of hydrogen-bond donors (Lipinski definition) is 1. The third-order valence-electron chi connectivity index (χ3n) is 5.50. The second-order valence-corrected chi connectivity index (χ2v) is 7.40. The Balaban J connectivity index is 1.63. The van der Waals surface area contributed by atoms with Gasteiger partial charge in [-0.15, -0.1) is 0 Å². The molecule has 1 saturated carbocycles. The first kappa shape index (κ1) is 18.2. The molecular weight excluding hydrogens is 321 g/mol. The number of aliphatic hydroxyl groups excluding tert-OH is 1. The Kier molecular flexibility index (Phi) is 5.94. The molecule has 0 saturated heterocycles. The predicted molar refractivity (Wildman–Crippen MR) is 94.1 cm³/mol. The topological polar surface area (TPSA) is 49.8 Å². The maximum atomic E-state index is 14.2. The highest BCUT2D eigenvalue weighted by Gasteiger charge is 2.32. The second-order valence-electron chi connectivity index (χ2n) is 7.40. The van der Waals surface area contributed by atoms with E-state index in [1.807, 2.05) is 4.90 Å². The van der Waals surface area contributed by atoms with Gasteiger partial charge in [0.05, 0.1) is 6.61 Å². The molecule has 5 heteroatoms. The molecule has 1 amide bonds. The van der Waals surface area contributed by atoms with Crippen molar-refractivity contribution in [3.63, 3.8) is 0 Å². The van der Waals surface area contributed by atoms with Gasteiger partial charge in [-0.3, -0.25) is 4.79 Å². The first-order chi connectivity index (χ1) is 12.1. The smallest absolute Gasteiger partial charge is 0.254 e. The monoisotopic (exact) mass is 349 g/mol. The molecule has 3 rings (SSSR count). The van der Waals surface area contributed by atoms with Crippen molar-refractivity contribution in [2.45, 2.75) is 52.0 Å². The van der Waals surface area contributed by atoms with Crippen LogP contribution >= 0.6 is 0 Å². The quantitative estimate of drug-likeness (QED) is 0.763. The molecular formula is C20H28FNO3. The highest BCUT2D eigenvalue weighted by atomic mass is 19.1. The molecule has 138 valence electrons. The average molecular weight is 349 g/mol. The van der Waals surface area contributed by atoms with Crippen molar-refractivity contribution >= 4 is 5.91 Å². The van der Waals surface area contributed by atoms with Crippen LogP contribution in [0.5, 0.6) is 5.75 Å². The van der Waals surface area contributed by atoms with E-state index < -0.39 is 0 Å². The van der Waals surface area contributed by atoms with Gasteiger partial charge in [-0.25, -0.2) is 4.39 Å². The first-order valence-corrected chi connectivity index (χ1v) is 9.47. The van der Waals surface area contributed by atoms with Crippen LogP contribution in [0, 0.1) is 17.7 Å². The van der Waals surface area contributed by atoms with E-state index in [0.717, 1.165) is 50.6 Å². The fraction of sp³-hybridized carbons (Fsp3) is 0.650. The standard InChI is InChI=1S/C20H28FNO3/c1-2-3-8-25-19-10-17-16(9-18(19)21)12-22(20(17)24)11-14-4-6-15(13-23)7-5-14/h9-10,14-15,23H,2-8,11-13H2,1H3/t14-,15-. The molecule has 1 N–H and O–H groups in total. The highest BCUT2D eigenvalue weighted by Crippen LogP contribution is 2.33. The van der Waals surface area contributed by atoms with Crippen LogP contribution < -0.4 is 4.74 Å². The van der Waals surface area contributed by atoms with Gasteiger partial charge in [0.2, 0.25) is 0 Å². The van der Waals surface area contributed by atoms with Crippen molar-refractivity contribution in [2.24, 2.45) is 11.8 Å². The van der Waals surface area contributed by atoms with Gasteiger partial charge in [0.25, 0.3) is 5.91 Å². The SMILES string of the molecule is CCCCOc1cc2c(cc1F)CN(C[C@H]1CC[C@H](CO)CC1)C2=O. The molecule has 25 heavy (non-hydrogen) atoms. The Bertz CT molecular complexity index is 611. The van der Waals surface area contributed by atoms with Crippen LogP contribution in [-0.4, -0.2) is 35.7 Å². The summed E-state index contributed by atoms with van der Waals surface area (Å²) < 4.78 is 19.7. The van der Waals surface area contributed by atoms with Crippen LogP contribution in [-0.2, 0) is 6.54 Å². The Morgan fingerprint density at radius 3 is 2.64 bits per heavy atom. The lowest BCUT2D eigenvalue weighted by molar-refractivity contribution is 0.0717. The van der Waals surface area contributed by atoms with E-state index >= 15 is 0 Å². The molecule has 0 aromatic heterocycles. The van der Waals surface area contributed by atoms with Crippen molar-refractivity contribution in [1.82, 2.24) is 4.90 Å². The molecule has 4 nitrogen and oxygen atoms in total. The number of carbonyl (C=O) groups excluding carboxylic acids is 1. The molecule has 1 aliphatic carbocycles. The van der Waals surface area contributed by atoms with Gasteiger partial charge >= 0.3 is 0 Å². The van der Waals surface area contributed by atoms with E-state index in [-0.39, 0.29) is 24.1 Å². The van der Waals surface area contributed by atoms with Crippen LogP contribution in [0.1, 0.15) is 61.4 Å². The Hall–Kier alpha value is -1.62. The summed E-state index contributed by atoms with van der Waals surface area (Å²) in [6.07, 6.45) is 6.00. The molecule has 0 bridgehead atoms. The zero-order chi connectivity index (χ0) is 17.8. The molecule has 1 fully saturated rings. The van der Waals surface area contributed by atoms with Crippen molar-refractivity contribution in [2.75, 3.05) is 19.8 Å². The van der Waals surface area contributed by atoms with Gasteiger partial charge in [-0.05, 0) is 61.6 Å². The number of halogens is 1. The lowest BCUT2D eigenvalue weighted by atomic mass is 9.82. The minimum absolute atomic E-state index is 0.0142. The van der Waals surface area contributed by atoms with Crippen LogP contribution in [0.4, 0.5) is 4.39 Å². The lowest BCUT2D eigenvalue weighted by Crippen LogP contribution is -2.32. The van der Waals surface area contributed by atoms with E-state index in [0.29, 0.717) is 30.6 Å². The summed E-state index contributed by atoms with van der Waals surface area (Å²) in [6, 6.07) is 3.03. The highest BCUT2D eigenvalue weighted by molar-refractivity contribution is 5.98. The van der Waals surface area contributed by atoms with E-state index in [9.17, 15) is 14.3 Å². The fourth-order valence-corrected chi connectivity index (χ4v) is 3.87. The van der Waals surface area contributed by atoms with Gasteiger partial charge in [-0.1, -0.05) is 13.3 Å². The molecule has 2 aliphatic rings. The minimum Gasteiger partial charge on any atom is -0.490 e. The number of unbranched alkanes of at least 4 members (excludes halogenated alkanes) is 1. The zero-order valence-corrected chi connectivity index (χ0v) is 15.0. The van der Waals surface area contributed by atoms with Crippen LogP contribution in [0.25, 0.3) is 0 Å². The predicted octanol–water partition coefficient (Wildman–Crippen LogP) is 3.76. The van der Waals surface area contributed by atoms with Crippen molar-refractivity contribution in [1.29, 1.82) is 0 Å². The summed E-state index contributed by atoms with van der Waals surface area (Å²) in [5.41, 5.74) is 1.34. The summed E-state index contributed by atoms with van der Waals surface area (Å²) in [6.45, 7) is 4.00. The van der Waals surface area contributed by atoms with E-state index in [4.69, 9.17) is 4.74 Å². The molecule has 1 aromatic rings. The number of aliphatic hydroxyl groups is 1. The maximum Gasteiger partial charge on any atom is 0.254 e. The molecule has 0 unspecified atom stereocenters. The lowest BCUT2D eigenvalue weighted by Gasteiger charge is -2.30. The number of carbonyl (C=O) groups is 1. The molecule has 0 spiro atoms. The van der Waals surface area contributed by atoms with Crippen LogP contribution in [0.2, 0.25) is 0 Å². The second kappa shape index (κ2) is 8.17. The number of ether oxygens (including phenoxy) is 1. The summed E-state index contributed by atoms with van der Waals surface area (Å²) in [7, 11) is 0. The van der Waals surface area contributed by atoms with Crippen molar-refractivity contribution in [3.05, 3.63) is 29.1 Å². The average Bonchev–Trinajstić information content (AvgIpc) is 2.91. The number of rotatable bonds is 7. The largest absolute Gasteiger partial charge is 0.490 e. The Morgan fingerprint density at radius 2 is 1.96 bits per heavy atom. The summed E-state index contributed by atoms with van der Waals surface area (Å²) in [4.78, 5) is 14.5. The third-order valence-corrected chi connectivity index (χ3v) is 5.50. The van der Waals surface area contributed by atoms with E-state index in [1.54, 1.807) is 6.07 Å². The van der Waals surface area contributed by atoms with E-state index in [2.05, 4.69) is 6.92 Å². The molecule has 1 aromatic carbocycles. The number of benzene rings is 1. The molecule has 1 aliphatic heterocycles. The summed E-state index contributed by atoms with van der Waals surface area (Å²) >= 11 is 0. The third kappa shape index (κ3) is 4.14. The normalized spacial score (nSPS) is 23.0. The molecule has 0 atom stereocenters. The zero-order valence-electron chi connectivity index (χ0n) is 15.0. The summed E-state index contributed by atoms with van der Waals surface area (Å²) in [5.74, 6) is 0.685. The number of amides is 1. The van der Waals surface area contributed by atoms with Crippen LogP contribution in [0.15, 0.2) is 12.1 Å². The summed E-state index contributed by atoms with van der Waals surface area (Å²) in [5, 5.41) is 9.24. The molecule has 0 radical (unpaired) electrons. The van der Waals surface area contributed by atoms with Gasteiger partial charge < -0.3 is 14.7 Å². The number of hydrogen-bond acceptors (Lipinski definition) is 3. The minimum atomic E-state index is -0.382. The Labute approximate surface area is 149 Å². The van der Waals surface area contributed by atoms with Gasteiger partial charge in [0.15, 0.2) is 11.6 Å². The number of nitrogens with zero attached hydrogens (tertiary/aromatic N) is 1. The number of fused-ring (bicyclic) bond motifs is 1. The van der Waals surface area contributed by atoms with Gasteiger partial charge in [0.1, 0.15) is 0 Å². The van der Waals surface area contributed by atoms with Gasteiger partial charge in [-0.2, -0.15) is 0 Å². The fourth-order valence-electron chi connectivity index (χ4n) is 3.87. The van der Waals surface area contributed by atoms with Crippen LogP contribution in [0.3, 0.4) is 0 Å². The maximum absolute atomic E-state index is 14.2. The van der Waals surface area contributed by atoms with E-state index in [1.165, 1.54) is 6.07 Å². The first-order valence-electron chi connectivity index (χ1n) is 9.47.